The van der Waals surface area contributed by atoms with Crippen LogP contribution in [-0.4, -0.2) is 14.2 Å². The van der Waals surface area contributed by atoms with Gasteiger partial charge in [0.05, 0.1) is 19.8 Å². The second-order valence-corrected chi connectivity index (χ2v) is 9.00. The van der Waals surface area contributed by atoms with Crippen molar-refractivity contribution >= 4 is 33.6 Å². The first-order valence-corrected chi connectivity index (χ1v) is 12.0. The van der Waals surface area contributed by atoms with Crippen LogP contribution in [0.2, 0.25) is 0 Å². The van der Waals surface area contributed by atoms with Gasteiger partial charge in [-0.2, -0.15) is 0 Å². The second kappa shape index (κ2) is 9.90. The highest BCUT2D eigenvalue weighted by Gasteiger charge is 2.24. The molecule has 1 aromatic heterocycles. The molecule has 34 heavy (non-hydrogen) atoms. The molecule has 0 radical (unpaired) electrons. The summed E-state index contributed by atoms with van der Waals surface area (Å²) in [7, 11) is 3.39. The van der Waals surface area contributed by atoms with Gasteiger partial charge in [-0.25, -0.2) is 0 Å². The number of ether oxygens (including phenoxy) is 2. The highest BCUT2D eigenvalue weighted by molar-refractivity contribution is 7.19. The third kappa shape index (κ3) is 4.43. The summed E-state index contributed by atoms with van der Waals surface area (Å²) in [6.07, 6.45) is 4.40. The van der Waals surface area contributed by atoms with Gasteiger partial charge in [-0.3, -0.25) is 0 Å². The molecule has 3 heteroatoms. The lowest BCUT2D eigenvalue weighted by molar-refractivity contribution is 0.414. The molecule has 4 aromatic carbocycles. The van der Waals surface area contributed by atoms with Crippen molar-refractivity contribution in [1.82, 2.24) is 0 Å². The van der Waals surface area contributed by atoms with Gasteiger partial charge in [-0.1, -0.05) is 66.7 Å². The summed E-state index contributed by atoms with van der Waals surface area (Å²) in [5, 5.41) is 1.25. The molecule has 0 amide bonds. The highest BCUT2D eigenvalue weighted by atomic mass is 32.1. The second-order valence-electron chi connectivity index (χ2n) is 7.91. The first-order valence-electron chi connectivity index (χ1n) is 11.2. The summed E-state index contributed by atoms with van der Waals surface area (Å²) in [6, 6.07) is 35.8. The molecule has 2 nitrogen and oxygen atoms in total. The largest absolute Gasteiger partial charge is 0.497 e. The van der Waals surface area contributed by atoms with Crippen molar-refractivity contribution in [2.75, 3.05) is 14.2 Å². The first kappa shape index (κ1) is 21.9. The van der Waals surface area contributed by atoms with E-state index in [4.69, 9.17) is 9.47 Å². The lowest BCUT2D eigenvalue weighted by atomic mass is 9.92. The van der Waals surface area contributed by atoms with Gasteiger partial charge in [-0.15, -0.1) is 0 Å². The number of benzene rings is 4. The van der Waals surface area contributed by atoms with Crippen LogP contribution in [0.4, 0.5) is 0 Å². The average molecular weight is 462 g/mol. The van der Waals surface area contributed by atoms with E-state index in [9.17, 15) is 0 Å². The van der Waals surface area contributed by atoms with Crippen LogP contribution in [-0.2, 0) is 0 Å². The fraction of sp³-hybridized carbons (Fsp3) is 0.0645. The Labute approximate surface area is 204 Å². The van der Waals surface area contributed by atoms with Crippen LogP contribution in [0.3, 0.4) is 0 Å². The predicted molar refractivity (Wildman–Crippen MR) is 146 cm³/mol. The molecule has 0 fully saturated rings. The van der Waals surface area contributed by atoms with Crippen LogP contribution < -0.4 is 9.47 Å². The number of hydrogen-bond acceptors (Lipinski definition) is 2. The van der Waals surface area contributed by atoms with Crippen molar-refractivity contribution < 1.29 is 9.47 Å². The van der Waals surface area contributed by atoms with Gasteiger partial charge in [0.1, 0.15) is 11.5 Å². The van der Waals surface area contributed by atoms with E-state index in [1.165, 1.54) is 37.2 Å². The van der Waals surface area contributed by atoms with Crippen molar-refractivity contribution in [3.8, 4) is 33.8 Å². The molecule has 0 bridgehead atoms. The van der Waals surface area contributed by atoms with Crippen LogP contribution in [0.5, 0.6) is 11.5 Å². The van der Waals surface area contributed by atoms with Crippen LogP contribution >= 0.6 is 11.3 Å². The lowest BCUT2D eigenvalue weighted by Crippen LogP contribution is -1.91. The Bertz CT molecular complexity index is 1440. The molecule has 0 aliphatic rings. The average Bonchev–Trinajstić information content (AvgIpc) is 2.92. The van der Waals surface area contributed by atoms with Gasteiger partial charge in [0.25, 0.3) is 0 Å². The molecule has 166 valence electrons. The van der Waals surface area contributed by atoms with Gasteiger partial charge in [0.15, 0.2) is 0 Å². The summed E-state index contributed by atoms with van der Waals surface area (Å²) >= 11 is 1.82. The van der Waals surface area contributed by atoms with Crippen molar-refractivity contribution in [2.45, 2.75) is 0 Å². The summed E-state index contributed by atoms with van der Waals surface area (Å²) in [5.74, 6) is 1.71. The van der Waals surface area contributed by atoms with Crippen molar-refractivity contribution in [2.24, 2.45) is 0 Å². The minimum absolute atomic E-state index is 0.854. The minimum Gasteiger partial charge on any atom is -0.497 e. The zero-order valence-corrected chi connectivity index (χ0v) is 20.0. The number of fused-ring (bicyclic) bond motifs is 1. The third-order valence-corrected chi connectivity index (χ3v) is 6.99. The number of methoxy groups -OCH3 is 2. The number of hydrogen-bond donors (Lipinski definition) is 0. The molecule has 5 aromatic rings. The Balaban J connectivity index is 1.76. The summed E-state index contributed by atoms with van der Waals surface area (Å²) in [6.45, 7) is 0. The van der Waals surface area contributed by atoms with Gasteiger partial charge in [0, 0.05) is 23.1 Å². The Hall–Kier alpha value is -3.95. The Morgan fingerprint density at radius 2 is 1.15 bits per heavy atom. The lowest BCUT2D eigenvalue weighted by Gasteiger charge is -2.12. The summed E-state index contributed by atoms with van der Waals surface area (Å²) in [5.41, 5.74) is 5.97. The Morgan fingerprint density at radius 3 is 1.82 bits per heavy atom. The van der Waals surface area contributed by atoms with Crippen LogP contribution in [0.1, 0.15) is 10.4 Å². The van der Waals surface area contributed by atoms with E-state index in [1.54, 1.807) is 14.2 Å². The van der Waals surface area contributed by atoms with E-state index >= 15 is 0 Å². The molecule has 0 atom stereocenters. The van der Waals surface area contributed by atoms with Gasteiger partial charge < -0.3 is 9.47 Å². The van der Waals surface area contributed by atoms with E-state index in [0.29, 0.717) is 0 Å². The van der Waals surface area contributed by atoms with Crippen molar-refractivity contribution in [3.05, 3.63) is 114 Å². The number of rotatable bonds is 6. The quantitative estimate of drug-likeness (QED) is 0.235. The maximum atomic E-state index is 5.42. The van der Waals surface area contributed by atoms with E-state index in [0.717, 1.165) is 17.1 Å². The monoisotopic (exact) mass is 461 g/mol. The first-order chi connectivity index (χ1) is 16.8. The fourth-order valence-electron chi connectivity index (χ4n) is 4.14. The topological polar surface area (TPSA) is 18.5 Å². The van der Waals surface area contributed by atoms with E-state index in [2.05, 4.69) is 91.0 Å². The minimum atomic E-state index is 0.854. The van der Waals surface area contributed by atoms with Gasteiger partial charge in [-0.05, 0) is 53.1 Å². The molecular weight excluding hydrogens is 436 g/mol. The normalized spacial score (nSPS) is 11.1. The smallest absolute Gasteiger partial charge is 0.240 e. The van der Waals surface area contributed by atoms with E-state index in [1.807, 2.05) is 35.6 Å². The van der Waals surface area contributed by atoms with Crippen molar-refractivity contribution in [3.63, 3.8) is 0 Å². The molecule has 0 N–H and O–H groups in total. The molecule has 0 aliphatic carbocycles. The molecule has 0 spiro atoms. The standard InChI is InChI=1S/C31H25O2S/c1-32-25-17-12-22(13-18-25)14-21-29-31(23-8-4-3-5-9-23)30(24-15-19-26(33-2)20-16-24)27-10-6-7-11-28(27)34-29/h3-21H,1-2H3/q+1/b21-14+. The third-order valence-electron chi connectivity index (χ3n) is 5.86. The summed E-state index contributed by atoms with van der Waals surface area (Å²) in [4.78, 5) is 1.21. The maximum absolute atomic E-state index is 5.42. The molecule has 0 saturated heterocycles. The summed E-state index contributed by atoms with van der Waals surface area (Å²) < 4.78 is 12.0. The van der Waals surface area contributed by atoms with Crippen LogP contribution in [0, 0.1) is 0 Å². The maximum Gasteiger partial charge on any atom is 0.240 e. The Kier molecular flexibility index (Phi) is 6.37. The molecule has 5 rings (SSSR count). The van der Waals surface area contributed by atoms with Crippen LogP contribution in [0.25, 0.3) is 44.5 Å². The SMILES string of the molecule is COc1ccc(/C=C/c2[s+]c3ccccc3c(-c3ccc(OC)cc3)c2-c2ccccc2)cc1. The van der Waals surface area contributed by atoms with E-state index in [-0.39, 0.29) is 0 Å². The van der Waals surface area contributed by atoms with Crippen LogP contribution in [0.15, 0.2) is 103 Å². The van der Waals surface area contributed by atoms with E-state index < -0.39 is 0 Å². The van der Waals surface area contributed by atoms with Crippen molar-refractivity contribution in [1.29, 1.82) is 0 Å². The highest BCUT2D eigenvalue weighted by Crippen LogP contribution is 2.44. The zero-order chi connectivity index (χ0) is 23.3. The molecule has 0 unspecified atom stereocenters. The van der Waals surface area contributed by atoms with Gasteiger partial charge in [0.2, 0.25) is 20.9 Å². The molecule has 0 aliphatic heterocycles. The zero-order valence-electron chi connectivity index (χ0n) is 19.2. The molecule has 0 saturated carbocycles. The molecule has 1 heterocycles. The predicted octanol–water partition coefficient (Wildman–Crippen LogP) is 8.70. The van der Waals surface area contributed by atoms with Gasteiger partial charge >= 0.3 is 0 Å². The molecular formula is C31H25O2S+. The fourth-order valence-corrected chi connectivity index (χ4v) is 5.26. The Morgan fingerprint density at radius 1 is 0.559 bits per heavy atom.